The molecule has 4 aromatic rings. The van der Waals surface area contributed by atoms with E-state index in [1.54, 1.807) is 13.8 Å². The highest BCUT2D eigenvalue weighted by Crippen LogP contribution is 2.47. The number of nitrogens with two attached hydrogens (primary N) is 1. The average molecular weight is 503 g/mol. The lowest BCUT2D eigenvalue weighted by Crippen LogP contribution is -2.24. The van der Waals surface area contributed by atoms with E-state index in [4.69, 9.17) is 5.73 Å². The first-order valence-electron chi connectivity index (χ1n) is 12.9. The number of hydrogen-bond acceptors (Lipinski definition) is 3. The molecule has 0 atom stereocenters. The summed E-state index contributed by atoms with van der Waals surface area (Å²) in [4.78, 5) is 27.6. The van der Waals surface area contributed by atoms with Gasteiger partial charge in [-0.25, -0.2) is 0 Å². The van der Waals surface area contributed by atoms with E-state index in [1.165, 1.54) is 0 Å². The Hall–Kier alpha value is -4.22. The lowest BCUT2D eigenvalue weighted by atomic mass is 9.88. The van der Waals surface area contributed by atoms with Gasteiger partial charge in [-0.15, -0.1) is 0 Å². The molecule has 0 aromatic heterocycles. The SMILES string of the molecule is Cc1ccc2c(c1)C(=O)N(c1cccc(-c3ccc(C(N)=O)c4c3-c3ccc(C(C)(C)O)cc3C4)c1C)C2. The standard InChI is InChI=1S/C33H30N2O3/c1-18-8-9-20-17-35(32(37)27(20)14-18)29-7-5-6-23(19(29)2)25-12-13-26(31(34)36)28-16-21-15-22(33(3,4)38)10-11-24(21)30(25)28/h5-15,38H,16-17H2,1-4H3,(H2,34,36). The topological polar surface area (TPSA) is 83.6 Å². The summed E-state index contributed by atoms with van der Waals surface area (Å²) in [6, 6.07) is 21.9. The van der Waals surface area contributed by atoms with Crippen molar-refractivity contribution in [2.45, 2.75) is 46.3 Å². The predicted molar refractivity (Wildman–Crippen MR) is 150 cm³/mol. The molecule has 5 nitrogen and oxygen atoms in total. The normalized spacial score (nSPS) is 13.9. The lowest BCUT2D eigenvalue weighted by Gasteiger charge is -2.22. The van der Waals surface area contributed by atoms with E-state index in [0.717, 1.165) is 66.9 Å². The Balaban J connectivity index is 1.50. The largest absolute Gasteiger partial charge is 0.386 e. The molecule has 0 unspecified atom stereocenters. The number of anilines is 1. The van der Waals surface area contributed by atoms with E-state index in [9.17, 15) is 14.7 Å². The van der Waals surface area contributed by atoms with Crippen LogP contribution in [0.15, 0.2) is 66.7 Å². The van der Waals surface area contributed by atoms with Crippen molar-refractivity contribution in [3.05, 3.63) is 111 Å². The van der Waals surface area contributed by atoms with Crippen molar-refractivity contribution in [3.63, 3.8) is 0 Å². The Morgan fingerprint density at radius 2 is 1.66 bits per heavy atom. The van der Waals surface area contributed by atoms with Crippen LogP contribution in [0, 0.1) is 13.8 Å². The van der Waals surface area contributed by atoms with Crippen molar-refractivity contribution in [1.82, 2.24) is 0 Å². The molecular weight excluding hydrogens is 472 g/mol. The van der Waals surface area contributed by atoms with Gasteiger partial charge in [0.15, 0.2) is 0 Å². The number of carbonyl (C=O) groups is 2. The van der Waals surface area contributed by atoms with E-state index in [0.29, 0.717) is 18.5 Å². The smallest absolute Gasteiger partial charge is 0.258 e. The van der Waals surface area contributed by atoms with Crippen LogP contribution in [0.25, 0.3) is 22.3 Å². The monoisotopic (exact) mass is 502 g/mol. The van der Waals surface area contributed by atoms with E-state index in [2.05, 4.69) is 6.07 Å². The number of nitrogens with zero attached hydrogens (tertiary/aromatic N) is 1. The summed E-state index contributed by atoms with van der Waals surface area (Å²) in [7, 11) is 0. The zero-order chi connectivity index (χ0) is 26.9. The van der Waals surface area contributed by atoms with Crippen LogP contribution in [0.4, 0.5) is 5.69 Å². The highest BCUT2D eigenvalue weighted by molar-refractivity contribution is 6.11. The highest BCUT2D eigenvalue weighted by Gasteiger charge is 2.32. The lowest BCUT2D eigenvalue weighted by molar-refractivity contribution is 0.0785. The molecule has 3 N–H and O–H groups in total. The summed E-state index contributed by atoms with van der Waals surface area (Å²) in [5, 5.41) is 10.6. The molecule has 2 aliphatic rings. The fourth-order valence-electron chi connectivity index (χ4n) is 5.97. The molecule has 0 bridgehead atoms. The van der Waals surface area contributed by atoms with Gasteiger partial charge in [-0.1, -0.05) is 54.1 Å². The van der Waals surface area contributed by atoms with Gasteiger partial charge >= 0.3 is 0 Å². The second kappa shape index (κ2) is 8.40. The van der Waals surface area contributed by atoms with Crippen molar-refractivity contribution in [1.29, 1.82) is 0 Å². The number of aliphatic hydroxyl groups is 1. The Morgan fingerprint density at radius 1 is 0.895 bits per heavy atom. The molecule has 1 aliphatic heterocycles. The number of aryl methyl sites for hydroxylation is 1. The molecule has 2 amide bonds. The first-order chi connectivity index (χ1) is 18.0. The average Bonchev–Trinajstić information content (AvgIpc) is 3.40. The van der Waals surface area contributed by atoms with Crippen LogP contribution in [0.5, 0.6) is 0 Å². The Bertz CT molecular complexity index is 1680. The number of primary amides is 1. The maximum absolute atomic E-state index is 13.4. The third kappa shape index (κ3) is 3.65. The van der Waals surface area contributed by atoms with Gasteiger partial charge < -0.3 is 15.7 Å². The summed E-state index contributed by atoms with van der Waals surface area (Å²) in [5.41, 5.74) is 16.9. The maximum atomic E-state index is 13.4. The number of fused-ring (bicyclic) bond motifs is 4. The van der Waals surface area contributed by atoms with Gasteiger partial charge in [0.2, 0.25) is 5.91 Å². The van der Waals surface area contributed by atoms with E-state index in [1.807, 2.05) is 79.4 Å². The molecule has 5 heteroatoms. The molecule has 0 radical (unpaired) electrons. The molecule has 6 rings (SSSR count). The second-order valence-corrected chi connectivity index (χ2v) is 11.0. The minimum atomic E-state index is -0.970. The number of hydrogen-bond donors (Lipinski definition) is 2. The van der Waals surface area contributed by atoms with E-state index < -0.39 is 11.5 Å². The molecule has 0 saturated carbocycles. The zero-order valence-electron chi connectivity index (χ0n) is 22.1. The van der Waals surface area contributed by atoms with Crippen LogP contribution in [-0.4, -0.2) is 16.9 Å². The molecule has 190 valence electrons. The zero-order valence-corrected chi connectivity index (χ0v) is 22.1. The third-order valence-electron chi connectivity index (χ3n) is 7.98. The van der Waals surface area contributed by atoms with Gasteiger partial charge in [0.1, 0.15) is 0 Å². The van der Waals surface area contributed by atoms with Gasteiger partial charge in [-0.2, -0.15) is 0 Å². The van der Waals surface area contributed by atoms with Gasteiger partial charge in [0.05, 0.1) is 12.1 Å². The summed E-state index contributed by atoms with van der Waals surface area (Å²) in [6.45, 7) is 8.13. The minimum absolute atomic E-state index is 0.0164. The van der Waals surface area contributed by atoms with E-state index in [-0.39, 0.29) is 5.91 Å². The summed E-state index contributed by atoms with van der Waals surface area (Å²) in [5.74, 6) is -0.438. The summed E-state index contributed by atoms with van der Waals surface area (Å²) < 4.78 is 0. The fourth-order valence-corrected chi connectivity index (χ4v) is 5.97. The predicted octanol–water partition coefficient (Wildman–Crippen LogP) is 6.03. The first-order valence-corrected chi connectivity index (χ1v) is 12.9. The van der Waals surface area contributed by atoms with Crippen LogP contribution in [0.1, 0.15) is 67.9 Å². The molecule has 0 spiro atoms. The van der Waals surface area contributed by atoms with Crippen molar-refractivity contribution in [2.75, 3.05) is 4.90 Å². The quantitative estimate of drug-likeness (QED) is 0.315. The van der Waals surface area contributed by atoms with Gasteiger partial charge in [-0.3, -0.25) is 9.59 Å². The molecule has 0 fully saturated rings. The van der Waals surface area contributed by atoms with Gasteiger partial charge in [0, 0.05) is 16.8 Å². The number of carbonyl (C=O) groups excluding carboxylic acids is 2. The number of rotatable bonds is 4. The summed E-state index contributed by atoms with van der Waals surface area (Å²) >= 11 is 0. The van der Waals surface area contributed by atoms with Crippen LogP contribution >= 0.6 is 0 Å². The van der Waals surface area contributed by atoms with Crippen molar-refractivity contribution in [3.8, 4) is 22.3 Å². The molecule has 38 heavy (non-hydrogen) atoms. The van der Waals surface area contributed by atoms with Crippen LogP contribution in [0.2, 0.25) is 0 Å². The first kappa shape index (κ1) is 24.1. The molecule has 4 aromatic carbocycles. The summed E-state index contributed by atoms with van der Waals surface area (Å²) in [6.07, 6.45) is 0.568. The maximum Gasteiger partial charge on any atom is 0.258 e. The fraction of sp³-hybridized carbons (Fsp3) is 0.212. The Labute approximate surface area is 222 Å². The van der Waals surface area contributed by atoms with Crippen LogP contribution in [0.3, 0.4) is 0 Å². The Morgan fingerprint density at radius 3 is 2.39 bits per heavy atom. The van der Waals surface area contributed by atoms with Crippen LogP contribution < -0.4 is 10.6 Å². The molecular formula is C33H30N2O3. The highest BCUT2D eigenvalue weighted by atomic mass is 16.3. The minimum Gasteiger partial charge on any atom is -0.386 e. The van der Waals surface area contributed by atoms with Crippen molar-refractivity contribution in [2.24, 2.45) is 5.73 Å². The van der Waals surface area contributed by atoms with Crippen molar-refractivity contribution < 1.29 is 14.7 Å². The molecule has 1 aliphatic carbocycles. The third-order valence-corrected chi connectivity index (χ3v) is 7.98. The van der Waals surface area contributed by atoms with Crippen LogP contribution in [-0.2, 0) is 18.6 Å². The Kier molecular flexibility index (Phi) is 5.34. The number of benzene rings is 4. The van der Waals surface area contributed by atoms with Gasteiger partial charge in [-0.05, 0) is 102 Å². The van der Waals surface area contributed by atoms with Crippen molar-refractivity contribution >= 4 is 17.5 Å². The van der Waals surface area contributed by atoms with Gasteiger partial charge in [0.25, 0.3) is 5.91 Å². The van der Waals surface area contributed by atoms with E-state index >= 15 is 0 Å². The number of amides is 2. The molecule has 1 heterocycles. The second-order valence-electron chi connectivity index (χ2n) is 11.0. The molecule has 0 saturated heterocycles.